The van der Waals surface area contributed by atoms with Crippen LogP contribution >= 0.6 is 15.9 Å². The summed E-state index contributed by atoms with van der Waals surface area (Å²) in [6.07, 6.45) is 0. The van der Waals surface area contributed by atoms with Gasteiger partial charge in [-0.25, -0.2) is 8.78 Å². The van der Waals surface area contributed by atoms with Crippen LogP contribution in [0.2, 0.25) is 0 Å². The van der Waals surface area contributed by atoms with Gasteiger partial charge in [-0.2, -0.15) is 0 Å². The van der Waals surface area contributed by atoms with Crippen LogP contribution in [0.4, 0.5) is 8.78 Å². The Labute approximate surface area is 94.8 Å². The molecule has 5 heteroatoms. The quantitative estimate of drug-likeness (QED) is 0.845. The molecule has 1 atom stereocenters. The van der Waals surface area contributed by atoms with Crippen molar-refractivity contribution in [3.05, 3.63) is 35.4 Å². The number of carbonyl (C=O) groups excluding carboxylic acids is 1. The molecule has 82 valence electrons. The van der Waals surface area contributed by atoms with Crippen LogP contribution in [0.15, 0.2) is 18.2 Å². The molecule has 0 radical (unpaired) electrons. The molecule has 1 aromatic rings. The molecule has 0 heterocycles. The van der Waals surface area contributed by atoms with Crippen molar-refractivity contribution >= 4 is 21.8 Å². The first-order chi connectivity index (χ1) is 7.00. The molecule has 1 N–H and O–H groups in total. The van der Waals surface area contributed by atoms with Gasteiger partial charge in [0.2, 0.25) is 0 Å². The Hall–Kier alpha value is -0.970. The van der Waals surface area contributed by atoms with E-state index in [4.69, 9.17) is 0 Å². The van der Waals surface area contributed by atoms with Gasteiger partial charge in [0, 0.05) is 17.4 Å². The lowest BCUT2D eigenvalue weighted by Crippen LogP contribution is -2.29. The Morgan fingerprint density at radius 1 is 1.53 bits per heavy atom. The van der Waals surface area contributed by atoms with Crippen LogP contribution in [-0.4, -0.2) is 17.3 Å². The fraction of sp³-hybridized carbons (Fsp3) is 0.300. The van der Waals surface area contributed by atoms with Gasteiger partial charge in [0.05, 0.1) is 5.56 Å². The zero-order valence-corrected chi connectivity index (χ0v) is 9.64. The molecule has 0 saturated carbocycles. The van der Waals surface area contributed by atoms with Gasteiger partial charge in [-0.1, -0.05) is 22.9 Å². The molecule has 0 saturated heterocycles. The lowest BCUT2D eigenvalue weighted by molar-refractivity contribution is 0.0950. The number of hydrogen-bond donors (Lipinski definition) is 1. The topological polar surface area (TPSA) is 29.1 Å². The highest BCUT2D eigenvalue weighted by molar-refractivity contribution is 9.09. The number of alkyl halides is 1. The van der Waals surface area contributed by atoms with Crippen LogP contribution in [0.3, 0.4) is 0 Å². The molecule has 1 unspecified atom stereocenters. The number of amides is 1. The van der Waals surface area contributed by atoms with Crippen molar-refractivity contribution in [1.82, 2.24) is 5.32 Å². The van der Waals surface area contributed by atoms with E-state index in [-0.39, 0.29) is 10.4 Å². The molecule has 0 aromatic heterocycles. The molecule has 1 amide bonds. The van der Waals surface area contributed by atoms with E-state index in [9.17, 15) is 13.6 Å². The molecule has 2 nitrogen and oxygen atoms in total. The van der Waals surface area contributed by atoms with Gasteiger partial charge in [-0.3, -0.25) is 4.79 Å². The summed E-state index contributed by atoms with van der Waals surface area (Å²) in [5.74, 6) is -2.09. The fourth-order valence-electron chi connectivity index (χ4n) is 1.00. The minimum atomic E-state index is -0.852. The van der Waals surface area contributed by atoms with Gasteiger partial charge in [0.25, 0.3) is 5.91 Å². The fourth-order valence-corrected chi connectivity index (χ4v) is 1.16. The molecular formula is C10H10BrF2NO. The van der Waals surface area contributed by atoms with E-state index >= 15 is 0 Å². The van der Waals surface area contributed by atoms with Gasteiger partial charge in [-0.15, -0.1) is 0 Å². The molecule has 0 aliphatic carbocycles. The van der Waals surface area contributed by atoms with Crippen LogP contribution < -0.4 is 5.32 Å². The maximum absolute atomic E-state index is 13.1. The highest BCUT2D eigenvalue weighted by Gasteiger charge is 2.12. The van der Waals surface area contributed by atoms with E-state index in [2.05, 4.69) is 21.2 Å². The molecule has 15 heavy (non-hydrogen) atoms. The third kappa shape index (κ3) is 3.58. The summed E-state index contributed by atoms with van der Waals surface area (Å²) >= 11 is 3.24. The van der Waals surface area contributed by atoms with Crippen molar-refractivity contribution in [2.24, 2.45) is 0 Å². The van der Waals surface area contributed by atoms with E-state index in [1.807, 2.05) is 6.92 Å². The Kier molecular flexibility index (Phi) is 4.20. The van der Waals surface area contributed by atoms with Gasteiger partial charge in [0.1, 0.15) is 11.6 Å². The molecule has 1 rings (SSSR count). The van der Waals surface area contributed by atoms with Gasteiger partial charge < -0.3 is 5.32 Å². The van der Waals surface area contributed by atoms with Crippen molar-refractivity contribution < 1.29 is 13.6 Å². The maximum atomic E-state index is 13.1. The number of carbonyl (C=O) groups is 1. The van der Waals surface area contributed by atoms with E-state index in [0.29, 0.717) is 12.6 Å². The summed E-state index contributed by atoms with van der Waals surface area (Å²) < 4.78 is 25.7. The van der Waals surface area contributed by atoms with E-state index < -0.39 is 17.5 Å². The van der Waals surface area contributed by atoms with E-state index in [1.54, 1.807) is 0 Å². The van der Waals surface area contributed by atoms with Crippen molar-refractivity contribution in [3.8, 4) is 0 Å². The third-order valence-corrected chi connectivity index (χ3v) is 2.04. The third-order valence-electron chi connectivity index (χ3n) is 1.72. The first-order valence-electron chi connectivity index (χ1n) is 4.38. The maximum Gasteiger partial charge on any atom is 0.254 e. The van der Waals surface area contributed by atoms with Crippen molar-refractivity contribution in [3.63, 3.8) is 0 Å². The molecule has 0 bridgehead atoms. The van der Waals surface area contributed by atoms with Crippen LogP contribution in [0.1, 0.15) is 17.3 Å². The van der Waals surface area contributed by atoms with E-state index in [0.717, 1.165) is 12.1 Å². The van der Waals surface area contributed by atoms with Crippen molar-refractivity contribution in [1.29, 1.82) is 0 Å². The minimum Gasteiger partial charge on any atom is -0.351 e. The predicted molar refractivity (Wildman–Crippen MR) is 57.1 cm³/mol. The van der Waals surface area contributed by atoms with E-state index in [1.165, 1.54) is 0 Å². The normalized spacial score (nSPS) is 12.3. The second kappa shape index (κ2) is 5.21. The first-order valence-corrected chi connectivity index (χ1v) is 5.29. The van der Waals surface area contributed by atoms with Gasteiger partial charge in [-0.05, 0) is 12.1 Å². The number of hydrogen-bond acceptors (Lipinski definition) is 1. The van der Waals surface area contributed by atoms with Gasteiger partial charge in [0.15, 0.2) is 0 Å². The number of rotatable bonds is 3. The average Bonchev–Trinajstić information content (AvgIpc) is 2.14. The Morgan fingerprint density at radius 2 is 2.20 bits per heavy atom. The molecule has 0 aliphatic heterocycles. The first kappa shape index (κ1) is 12.1. The van der Waals surface area contributed by atoms with Crippen LogP contribution in [0, 0.1) is 11.6 Å². The summed E-state index contributed by atoms with van der Waals surface area (Å²) in [6.45, 7) is 2.23. The van der Waals surface area contributed by atoms with Crippen LogP contribution in [-0.2, 0) is 0 Å². The summed E-state index contributed by atoms with van der Waals surface area (Å²) in [7, 11) is 0. The highest BCUT2D eigenvalue weighted by Crippen LogP contribution is 2.09. The minimum absolute atomic E-state index is 0.102. The summed E-state index contributed by atoms with van der Waals surface area (Å²) in [5, 5.41) is 2.51. The lowest BCUT2D eigenvalue weighted by atomic mass is 10.2. The molecule has 1 aromatic carbocycles. The Bertz CT molecular complexity index is 368. The molecule has 0 spiro atoms. The van der Waals surface area contributed by atoms with Crippen LogP contribution in [0.25, 0.3) is 0 Å². The SMILES string of the molecule is CC(Br)CNC(=O)c1ccc(F)cc1F. The smallest absolute Gasteiger partial charge is 0.254 e. The molecule has 0 fully saturated rings. The molecular weight excluding hydrogens is 268 g/mol. The zero-order valence-electron chi connectivity index (χ0n) is 8.06. The molecule has 0 aliphatic rings. The number of nitrogens with one attached hydrogen (secondary N) is 1. The monoisotopic (exact) mass is 277 g/mol. The van der Waals surface area contributed by atoms with Crippen molar-refractivity contribution in [2.45, 2.75) is 11.8 Å². The summed E-state index contributed by atoms with van der Waals surface area (Å²) in [5.41, 5.74) is -0.149. The summed E-state index contributed by atoms with van der Waals surface area (Å²) in [4.78, 5) is 11.5. The average molecular weight is 278 g/mol. The Morgan fingerprint density at radius 3 is 2.73 bits per heavy atom. The largest absolute Gasteiger partial charge is 0.351 e. The highest BCUT2D eigenvalue weighted by atomic mass is 79.9. The van der Waals surface area contributed by atoms with Gasteiger partial charge >= 0.3 is 0 Å². The lowest BCUT2D eigenvalue weighted by Gasteiger charge is -2.07. The zero-order chi connectivity index (χ0) is 11.4. The summed E-state index contributed by atoms with van der Waals surface area (Å²) in [6, 6.07) is 2.86. The Balaban J connectivity index is 2.74. The second-order valence-electron chi connectivity index (χ2n) is 3.11. The van der Waals surface area contributed by atoms with Crippen molar-refractivity contribution in [2.75, 3.05) is 6.54 Å². The van der Waals surface area contributed by atoms with Crippen LogP contribution in [0.5, 0.6) is 0 Å². The standard InChI is InChI=1S/C10H10BrF2NO/c1-6(11)5-14-10(15)8-3-2-7(12)4-9(8)13/h2-4,6H,5H2,1H3,(H,14,15). The second-order valence-corrected chi connectivity index (χ2v) is 4.68. The number of benzene rings is 1. The number of halogens is 3. The predicted octanol–water partition coefficient (Wildman–Crippen LogP) is 2.48.